The van der Waals surface area contributed by atoms with Crippen LogP contribution in [0.5, 0.6) is 0 Å². The summed E-state index contributed by atoms with van der Waals surface area (Å²) in [6, 6.07) is 7.14. The van der Waals surface area contributed by atoms with Crippen LogP contribution in [0, 0.1) is 19.7 Å². The van der Waals surface area contributed by atoms with Crippen LogP contribution in [0.25, 0.3) is 6.01 Å². The van der Waals surface area contributed by atoms with Crippen LogP contribution in [0.15, 0.2) is 33.6 Å². The molecule has 2 aliphatic heterocycles. The zero-order valence-electron chi connectivity index (χ0n) is 19.3. The van der Waals surface area contributed by atoms with Gasteiger partial charge in [0.25, 0.3) is 0 Å². The number of aliphatic hydroxyl groups is 1. The fourth-order valence-corrected chi connectivity index (χ4v) is 5.19. The van der Waals surface area contributed by atoms with E-state index in [0.717, 1.165) is 31.2 Å². The molecule has 0 spiro atoms. The maximum absolute atomic E-state index is 13.1. The Bertz CT molecular complexity index is 1180. The minimum absolute atomic E-state index is 0.0708. The first kappa shape index (κ1) is 22.9. The lowest BCUT2D eigenvalue weighted by Crippen LogP contribution is -2.49. The molecule has 2 fully saturated rings. The number of piperidine rings is 1. The van der Waals surface area contributed by atoms with Crippen molar-refractivity contribution < 1.29 is 18.8 Å². The molecular weight excluding hydrogens is 443 g/mol. The quantitative estimate of drug-likeness (QED) is 0.528. The lowest BCUT2D eigenvalue weighted by molar-refractivity contribution is -0.0402. The average molecular weight is 473 g/mol. The number of aryl methyl sites for hydroxylation is 2. The summed E-state index contributed by atoms with van der Waals surface area (Å²) in [4.78, 5) is 19.2. The van der Waals surface area contributed by atoms with Gasteiger partial charge in [-0.05, 0) is 57.2 Å². The highest BCUT2D eigenvalue weighted by molar-refractivity contribution is 5.15. The minimum atomic E-state index is -0.746. The van der Waals surface area contributed by atoms with Gasteiger partial charge >= 0.3 is 11.7 Å². The van der Waals surface area contributed by atoms with Gasteiger partial charge in [-0.1, -0.05) is 17.3 Å². The van der Waals surface area contributed by atoms with Gasteiger partial charge < -0.3 is 14.4 Å². The van der Waals surface area contributed by atoms with Gasteiger partial charge in [-0.3, -0.25) is 4.90 Å². The van der Waals surface area contributed by atoms with Crippen LogP contribution >= 0.6 is 0 Å². The standard InChI is InChI=1S/C23H29FN6O4/c1-14-25-22(34-27-14)30-15(2)26-29(23(30)32)12-20(31)11-28-18-7-8-19(28)10-21(9-18)33-13-16-3-5-17(24)6-4-16/h3-6,18-21,31H,7-13H2,1-2H3. The largest absolute Gasteiger partial charge is 0.390 e. The molecule has 182 valence electrons. The minimum Gasteiger partial charge on any atom is -0.390 e. The first-order valence-corrected chi connectivity index (χ1v) is 11.6. The van der Waals surface area contributed by atoms with E-state index in [0.29, 0.717) is 36.9 Å². The maximum Gasteiger partial charge on any atom is 0.354 e. The molecule has 5 rings (SSSR count). The molecule has 10 nitrogen and oxygen atoms in total. The van der Waals surface area contributed by atoms with Gasteiger partial charge in [-0.25, -0.2) is 13.9 Å². The Hall–Kier alpha value is -2.89. The zero-order chi connectivity index (χ0) is 23.8. The van der Waals surface area contributed by atoms with Crippen molar-refractivity contribution in [2.24, 2.45) is 0 Å². The molecule has 2 aliphatic rings. The SMILES string of the molecule is Cc1noc(-n2c(C)nn(CC(O)CN3C4CCC3CC(OCc3ccc(F)cc3)C4)c2=O)n1. The molecule has 3 aromatic rings. The normalized spacial score (nSPS) is 23.5. The Labute approximate surface area is 195 Å². The molecule has 0 amide bonds. The third-order valence-electron chi connectivity index (χ3n) is 6.75. The molecule has 4 heterocycles. The first-order valence-electron chi connectivity index (χ1n) is 11.6. The summed E-state index contributed by atoms with van der Waals surface area (Å²) < 4.78 is 26.8. The molecule has 2 aromatic heterocycles. The predicted molar refractivity (Wildman–Crippen MR) is 119 cm³/mol. The van der Waals surface area contributed by atoms with E-state index < -0.39 is 11.8 Å². The van der Waals surface area contributed by atoms with E-state index in [-0.39, 0.29) is 24.5 Å². The van der Waals surface area contributed by atoms with Crippen molar-refractivity contribution in [3.63, 3.8) is 0 Å². The van der Waals surface area contributed by atoms with Crippen molar-refractivity contribution in [3.05, 3.63) is 57.8 Å². The Morgan fingerprint density at radius 3 is 2.53 bits per heavy atom. The number of ether oxygens (including phenoxy) is 1. The summed E-state index contributed by atoms with van der Waals surface area (Å²) in [5.74, 6) is 0.595. The number of aliphatic hydroxyl groups excluding tert-OH is 1. The van der Waals surface area contributed by atoms with Crippen LogP contribution in [0.3, 0.4) is 0 Å². The molecule has 0 radical (unpaired) electrons. The zero-order valence-corrected chi connectivity index (χ0v) is 19.3. The Morgan fingerprint density at radius 1 is 1.18 bits per heavy atom. The summed E-state index contributed by atoms with van der Waals surface area (Å²) in [6.45, 7) is 4.38. The van der Waals surface area contributed by atoms with Crippen molar-refractivity contribution in [1.82, 2.24) is 29.4 Å². The number of rotatable bonds is 8. The Morgan fingerprint density at radius 2 is 1.88 bits per heavy atom. The Balaban J connectivity index is 1.17. The second-order valence-corrected chi connectivity index (χ2v) is 9.24. The lowest BCUT2D eigenvalue weighted by Gasteiger charge is -2.39. The summed E-state index contributed by atoms with van der Waals surface area (Å²) in [7, 11) is 0. The lowest BCUT2D eigenvalue weighted by atomic mass is 9.99. The van der Waals surface area contributed by atoms with Gasteiger partial charge in [0.2, 0.25) is 0 Å². The molecule has 1 aromatic carbocycles. The molecule has 0 saturated carbocycles. The van der Waals surface area contributed by atoms with Gasteiger partial charge in [0.1, 0.15) is 11.6 Å². The van der Waals surface area contributed by atoms with Crippen LogP contribution in [0.4, 0.5) is 4.39 Å². The van der Waals surface area contributed by atoms with Crippen molar-refractivity contribution in [1.29, 1.82) is 0 Å². The third kappa shape index (κ3) is 4.68. The van der Waals surface area contributed by atoms with Crippen LogP contribution in [-0.4, -0.2) is 65.3 Å². The van der Waals surface area contributed by atoms with Gasteiger partial charge in [0.15, 0.2) is 5.82 Å². The van der Waals surface area contributed by atoms with Gasteiger partial charge in [0, 0.05) is 18.6 Å². The summed E-state index contributed by atoms with van der Waals surface area (Å²) in [5.41, 5.74) is 0.540. The smallest absolute Gasteiger partial charge is 0.354 e. The monoisotopic (exact) mass is 472 g/mol. The van der Waals surface area contributed by atoms with Gasteiger partial charge in [-0.2, -0.15) is 14.6 Å². The summed E-state index contributed by atoms with van der Waals surface area (Å²) >= 11 is 0. The van der Waals surface area contributed by atoms with Crippen molar-refractivity contribution in [2.45, 2.75) is 77.0 Å². The molecule has 3 unspecified atom stereocenters. The van der Waals surface area contributed by atoms with Crippen LogP contribution in [0.1, 0.15) is 42.9 Å². The molecule has 11 heteroatoms. The first-order chi connectivity index (χ1) is 16.4. The summed E-state index contributed by atoms with van der Waals surface area (Å²) in [5, 5.41) is 18.8. The molecule has 3 atom stereocenters. The molecular formula is C23H29FN6O4. The molecule has 2 saturated heterocycles. The van der Waals surface area contributed by atoms with Crippen LogP contribution in [0.2, 0.25) is 0 Å². The number of hydrogen-bond donors (Lipinski definition) is 1. The molecule has 2 bridgehead atoms. The fraction of sp³-hybridized carbons (Fsp3) is 0.565. The highest BCUT2D eigenvalue weighted by Gasteiger charge is 2.41. The average Bonchev–Trinajstić information content (AvgIpc) is 3.40. The Kier molecular flexibility index (Phi) is 6.32. The predicted octanol–water partition coefficient (Wildman–Crippen LogP) is 1.75. The second kappa shape index (κ2) is 9.40. The van der Waals surface area contributed by atoms with E-state index in [1.165, 1.54) is 21.4 Å². The van der Waals surface area contributed by atoms with Gasteiger partial charge in [0.05, 0.1) is 25.4 Å². The number of aromatic nitrogens is 5. The summed E-state index contributed by atoms with van der Waals surface area (Å²) in [6.07, 6.45) is 3.33. The fourth-order valence-electron chi connectivity index (χ4n) is 5.19. The van der Waals surface area contributed by atoms with E-state index in [9.17, 15) is 14.3 Å². The maximum atomic E-state index is 13.1. The third-order valence-corrected chi connectivity index (χ3v) is 6.75. The number of benzene rings is 1. The van der Waals surface area contributed by atoms with E-state index in [1.807, 2.05) is 0 Å². The topological polar surface area (TPSA) is 111 Å². The highest BCUT2D eigenvalue weighted by atomic mass is 19.1. The van der Waals surface area contributed by atoms with Gasteiger partial charge in [-0.15, -0.1) is 0 Å². The van der Waals surface area contributed by atoms with Crippen molar-refractivity contribution >= 4 is 0 Å². The van der Waals surface area contributed by atoms with E-state index in [1.54, 1.807) is 26.0 Å². The van der Waals surface area contributed by atoms with Crippen molar-refractivity contribution in [2.75, 3.05) is 6.54 Å². The van der Waals surface area contributed by atoms with Crippen LogP contribution < -0.4 is 5.69 Å². The second-order valence-electron chi connectivity index (χ2n) is 9.24. The highest BCUT2D eigenvalue weighted by Crippen LogP contribution is 2.37. The number of nitrogens with zero attached hydrogens (tertiary/aromatic N) is 6. The number of halogens is 1. The van der Waals surface area contributed by atoms with E-state index in [4.69, 9.17) is 9.26 Å². The molecule has 0 aliphatic carbocycles. The molecule has 34 heavy (non-hydrogen) atoms. The molecule has 1 N–H and O–H groups in total. The van der Waals surface area contributed by atoms with Crippen LogP contribution in [-0.2, 0) is 17.9 Å². The van der Waals surface area contributed by atoms with Crippen molar-refractivity contribution in [3.8, 4) is 6.01 Å². The number of fused-ring (bicyclic) bond motifs is 2. The number of hydrogen-bond acceptors (Lipinski definition) is 8. The van der Waals surface area contributed by atoms with E-state index in [2.05, 4.69) is 20.1 Å². The van der Waals surface area contributed by atoms with E-state index >= 15 is 0 Å².